The van der Waals surface area contributed by atoms with Gasteiger partial charge in [0.15, 0.2) is 0 Å². The predicted molar refractivity (Wildman–Crippen MR) is 66.8 cm³/mol. The van der Waals surface area contributed by atoms with Crippen LogP contribution in [0, 0.1) is 20.2 Å². The molecule has 8 nitrogen and oxygen atoms in total. The van der Waals surface area contributed by atoms with E-state index >= 15 is 0 Å². The van der Waals surface area contributed by atoms with Crippen LogP contribution < -0.4 is 5.43 Å². The van der Waals surface area contributed by atoms with Crippen LogP contribution in [0.25, 0.3) is 0 Å². The van der Waals surface area contributed by atoms with Crippen LogP contribution in [0.15, 0.2) is 23.3 Å². The van der Waals surface area contributed by atoms with Gasteiger partial charge in [0.25, 0.3) is 5.69 Å². The zero-order chi connectivity index (χ0) is 13.7. The lowest BCUT2D eigenvalue weighted by molar-refractivity contribution is -0.393. The second-order valence-electron chi connectivity index (χ2n) is 3.53. The first-order chi connectivity index (χ1) is 8.45. The summed E-state index contributed by atoms with van der Waals surface area (Å²) in [5, 5.41) is 25.3. The summed E-state index contributed by atoms with van der Waals surface area (Å²) in [5.74, 6) is 0. The summed E-state index contributed by atoms with van der Waals surface area (Å²) < 4.78 is 0. The maximum absolute atomic E-state index is 10.8. The lowest BCUT2D eigenvalue weighted by Gasteiger charge is -2.03. The normalized spacial score (nSPS) is 11.1. The van der Waals surface area contributed by atoms with Crippen molar-refractivity contribution in [2.45, 2.75) is 20.3 Å². The van der Waals surface area contributed by atoms with Gasteiger partial charge in [-0.05, 0) is 19.4 Å². The van der Waals surface area contributed by atoms with Crippen LogP contribution in [0.4, 0.5) is 17.1 Å². The lowest BCUT2D eigenvalue weighted by atomic mass is 10.2. The van der Waals surface area contributed by atoms with E-state index in [0.29, 0.717) is 6.42 Å². The Balaban J connectivity index is 3.12. The highest BCUT2D eigenvalue weighted by Crippen LogP contribution is 2.28. The number of hydrogen-bond donors (Lipinski definition) is 1. The Morgan fingerprint density at radius 1 is 1.33 bits per heavy atom. The first-order valence-electron chi connectivity index (χ1n) is 5.17. The van der Waals surface area contributed by atoms with Gasteiger partial charge < -0.3 is 0 Å². The van der Waals surface area contributed by atoms with E-state index in [1.54, 1.807) is 6.92 Å². The average Bonchev–Trinajstić information content (AvgIpc) is 2.35. The molecule has 1 aromatic carbocycles. The van der Waals surface area contributed by atoms with E-state index in [1.807, 2.05) is 6.92 Å². The minimum Gasteiger partial charge on any atom is -0.272 e. The van der Waals surface area contributed by atoms with Crippen LogP contribution >= 0.6 is 0 Å². The monoisotopic (exact) mass is 252 g/mol. The molecule has 0 saturated heterocycles. The van der Waals surface area contributed by atoms with Gasteiger partial charge in [0.1, 0.15) is 5.69 Å². The Kier molecular flexibility index (Phi) is 4.30. The number of benzene rings is 1. The highest BCUT2D eigenvalue weighted by atomic mass is 16.6. The molecule has 0 heterocycles. The molecule has 1 N–H and O–H groups in total. The highest BCUT2D eigenvalue weighted by Gasteiger charge is 2.19. The second-order valence-corrected chi connectivity index (χ2v) is 3.53. The fourth-order valence-electron chi connectivity index (χ4n) is 1.11. The fraction of sp³-hybridized carbons (Fsp3) is 0.300. The number of hydrogen-bond acceptors (Lipinski definition) is 6. The molecule has 0 aliphatic carbocycles. The largest absolute Gasteiger partial charge is 0.301 e. The summed E-state index contributed by atoms with van der Waals surface area (Å²) >= 11 is 0. The first-order valence-corrected chi connectivity index (χ1v) is 5.17. The van der Waals surface area contributed by atoms with Crippen LogP contribution in [0.3, 0.4) is 0 Å². The number of nitrogens with one attached hydrogen (secondary N) is 1. The van der Waals surface area contributed by atoms with Gasteiger partial charge >= 0.3 is 5.69 Å². The fourth-order valence-corrected chi connectivity index (χ4v) is 1.11. The molecule has 0 aromatic heterocycles. The molecule has 0 bridgehead atoms. The molecule has 0 atom stereocenters. The summed E-state index contributed by atoms with van der Waals surface area (Å²) in [6.07, 6.45) is 0.702. The Morgan fingerprint density at radius 3 is 2.50 bits per heavy atom. The van der Waals surface area contributed by atoms with Gasteiger partial charge in [0.2, 0.25) is 0 Å². The van der Waals surface area contributed by atoms with Gasteiger partial charge in [-0.3, -0.25) is 25.7 Å². The number of nitrogens with zero attached hydrogens (tertiary/aromatic N) is 3. The van der Waals surface area contributed by atoms with Crippen LogP contribution in [0.2, 0.25) is 0 Å². The molecule has 0 spiro atoms. The number of nitro groups is 2. The molecule has 0 unspecified atom stereocenters. The average molecular weight is 252 g/mol. The van der Waals surface area contributed by atoms with E-state index in [9.17, 15) is 20.2 Å². The SMILES string of the molecule is CC/C(C)=N/Nc1ccc([N+](=O)[O-])cc1[N+](=O)[O-]. The Hall–Kier alpha value is -2.51. The molecule has 96 valence electrons. The number of anilines is 1. The van der Waals surface area contributed by atoms with Crippen molar-refractivity contribution < 1.29 is 9.85 Å². The number of nitro benzene ring substituents is 2. The summed E-state index contributed by atoms with van der Waals surface area (Å²) in [6, 6.07) is 3.36. The van der Waals surface area contributed by atoms with Crippen molar-refractivity contribution in [3.8, 4) is 0 Å². The van der Waals surface area contributed by atoms with Gasteiger partial charge in [-0.2, -0.15) is 5.10 Å². The second kappa shape index (κ2) is 5.71. The molecular formula is C10H12N4O4. The molecule has 0 fully saturated rings. The minimum atomic E-state index is -0.688. The van der Waals surface area contributed by atoms with Gasteiger partial charge in [0.05, 0.1) is 15.9 Å². The zero-order valence-electron chi connectivity index (χ0n) is 9.91. The lowest BCUT2D eigenvalue weighted by Crippen LogP contribution is -2.00. The predicted octanol–water partition coefficient (Wildman–Crippen LogP) is 2.70. The summed E-state index contributed by atoms with van der Waals surface area (Å²) in [5.41, 5.74) is 2.72. The van der Waals surface area contributed by atoms with Crippen LogP contribution in [-0.2, 0) is 0 Å². The van der Waals surface area contributed by atoms with Crippen molar-refractivity contribution >= 4 is 22.8 Å². The maximum Gasteiger partial charge on any atom is 0.301 e. The molecule has 1 aromatic rings. The van der Waals surface area contributed by atoms with E-state index in [0.717, 1.165) is 11.8 Å². The zero-order valence-corrected chi connectivity index (χ0v) is 9.91. The number of non-ortho nitro benzene ring substituents is 1. The van der Waals surface area contributed by atoms with E-state index < -0.39 is 9.85 Å². The van der Waals surface area contributed by atoms with Crippen molar-refractivity contribution in [1.82, 2.24) is 0 Å². The van der Waals surface area contributed by atoms with Gasteiger partial charge in [-0.15, -0.1) is 0 Å². The van der Waals surface area contributed by atoms with Crippen molar-refractivity contribution in [3.63, 3.8) is 0 Å². The van der Waals surface area contributed by atoms with E-state index in [4.69, 9.17) is 0 Å². The van der Waals surface area contributed by atoms with Gasteiger partial charge in [-0.25, -0.2) is 0 Å². The van der Waals surface area contributed by atoms with Crippen LogP contribution in [0.5, 0.6) is 0 Å². The molecule has 0 radical (unpaired) electrons. The third-order valence-corrected chi connectivity index (χ3v) is 2.27. The summed E-state index contributed by atoms with van der Waals surface area (Å²) in [6.45, 7) is 3.66. The van der Waals surface area contributed by atoms with Crippen molar-refractivity contribution in [3.05, 3.63) is 38.4 Å². The van der Waals surface area contributed by atoms with E-state index in [-0.39, 0.29) is 17.1 Å². The topological polar surface area (TPSA) is 111 Å². The Bertz CT molecular complexity index is 513. The molecule has 0 aliphatic rings. The van der Waals surface area contributed by atoms with Crippen LogP contribution in [0.1, 0.15) is 20.3 Å². The van der Waals surface area contributed by atoms with Gasteiger partial charge in [0, 0.05) is 11.8 Å². The van der Waals surface area contributed by atoms with Crippen molar-refractivity contribution in [1.29, 1.82) is 0 Å². The maximum atomic E-state index is 10.8. The number of rotatable bonds is 5. The molecule has 1 rings (SSSR count). The molecule has 0 amide bonds. The van der Waals surface area contributed by atoms with Crippen molar-refractivity contribution in [2.24, 2.45) is 5.10 Å². The first kappa shape index (κ1) is 13.6. The minimum absolute atomic E-state index is 0.124. The highest BCUT2D eigenvalue weighted by molar-refractivity contribution is 5.82. The van der Waals surface area contributed by atoms with Crippen LogP contribution in [-0.4, -0.2) is 15.6 Å². The molecule has 18 heavy (non-hydrogen) atoms. The third kappa shape index (κ3) is 3.24. The van der Waals surface area contributed by atoms with Gasteiger partial charge in [-0.1, -0.05) is 6.92 Å². The van der Waals surface area contributed by atoms with E-state index in [1.165, 1.54) is 12.1 Å². The summed E-state index contributed by atoms with van der Waals surface area (Å²) in [7, 11) is 0. The standard InChI is InChI=1S/C10H12N4O4/c1-3-7(2)11-12-9-5-4-8(13(15)16)6-10(9)14(17)18/h4-6,12H,3H2,1-2H3/b11-7+. The molecule has 8 heteroatoms. The Morgan fingerprint density at radius 2 is 2.00 bits per heavy atom. The molecule has 0 saturated carbocycles. The molecule has 0 aliphatic heterocycles. The third-order valence-electron chi connectivity index (χ3n) is 2.27. The Labute approximate surface area is 103 Å². The quantitative estimate of drug-likeness (QED) is 0.492. The molecular weight excluding hydrogens is 240 g/mol. The summed E-state index contributed by atoms with van der Waals surface area (Å²) in [4.78, 5) is 20.0. The number of hydrazone groups is 1. The smallest absolute Gasteiger partial charge is 0.272 e. The van der Waals surface area contributed by atoms with E-state index in [2.05, 4.69) is 10.5 Å². The van der Waals surface area contributed by atoms with Crippen molar-refractivity contribution in [2.75, 3.05) is 5.43 Å².